The number of nitro groups is 1. The standard InChI is InChI=1S/C4H8N2O4/c1-2(6(9)10)3(7)4(5)8/h2-3,7H,1H3,(H2,5,8). The van der Waals surface area contributed by atoms with Crippen molar-refractivity contribution in [1.29, 1.82) is 0 Å². The lowest BCUT2D eigenvalue weighted by Crippen LogP contribution is -2.41. The molecule has 0 saturated heterocycles. The van der Waals surface area contributed by atoms with Crippen molar-refractivity contribution < 1.29 is 14.8 Å². The fraction of sp³-hybridized carbons (Fsp3) is 0.750. The number of rotatable bonds is 3. The Labute approximate surface area is 56.8 Å². The monoisotopic (exact) mass is 148 g/mol. The van der Waals surface area contributed by atoms with Crippen LogP contribution in [0.15, 0.2) is 0 Å². The normalized spacial score (nSPS) is 15.8. The lowest BCUT2D eigenvalue weighted by atomic mass is 10.2. The quantitative estimate of drug-likeness (QED) is 0.375. The van der Waals surface area contributed by atoms with Crippen LogP contribution in [0, 0.1) is 10.1 Å². The summed E-state index contributed by atoms with van der Waals surface area (Å²) < 4.78 is 0. The Morgan fingerprint density at radius 1 is 1.80 bits per heavy atom. The van der Waals surface area contributed by atoms with Crippen LogP contribution in [0.1, 0.15) is 6.92 Å². The average molecular weight is 148 g/mol. The van der Waals surface area contributed by atoms with Gasteiger partial charge in [-0.15, -0.1) is 0 Å². The number of carbonyl (C=O) groups excluding carboxylic acids is 1. The summed E-state index contributed by atoms with van der Waals surface area (Å²) in [4.78, 5) is 19.2. The predicted molar refractivity (Wildman–Crippen MR) is 31.7 cm³/mol. The largest absolute Gasteiger partial charge is 0.377 e. The Balaban J connectivity index is 4.07. The molecule has 0 aliphatic heterocycles. The molecule has 6 heteroatoms. The molecule has 0 bridgehead atoms. The van der Waals surface area contributed by atoms with Gasteiger partial charge in [0.15, 0.2) is 6.10 Å². The van der Waals surface area contributed by atoms with Crippen molar-refractivity contribution in [2.75, 3.05) is 0 Å². The van der Waals surface area contributed by atoms with Gasteiger partial charge in [0.05, 0.1) is 0 Å². The zero-order chi connectivity index (χ0) is 8.31. The minimum Gasteiger partial charge on any atom is -0.377 e. The van der Waals surface area contributed by atoms with E-state index in [1.807, 2.05) is 0 Å². The third-order valence-corrected chi connectivity index (χ3v) is 1.08. The van der Waals surface area contributed by atoms with Crippen molar-refractivity contribution in [3.8, 4) is 0 Å². The first-order valence-electron chi connectivity index (χ1n) is 2.57. The second-order valence-corrected chi connectivity index (χ2v) is 1.87. The van der Waals surface area contributed by atoms with Crippen molar-refractivity contribution in [2.24, 2.45) is 5.73 Å². The van der Waals surface area contributed by atoms with Gasteiger partial charge in [-0.1, -0.05) is 0 Å². The first-order chi connectivity index (χ1) is 4.46. The molecule has 10 heavy (non-hydrogen) atoms. The van der Waals surface area contributed by atoms with Crippen LogP contribution in [0.3, 0.4) is 0 Å². The first-order valence-corrected chi connectivity index (χ1v) is 2.57. The van der Waals surface area contributed by atoms with Crippen LogP contribution in [-0.2, 0) is 4.79 Å². The predicted octanol–water partition coefficient (Wildman–Crippen LogP) is -1.50. The highest BCUT2D eigenvalue weighted by molar-refractivity contribution is 5.79. The number of hydrogen-bond donors (Lipinski definition) is 2. The summed E-state index contributed by atoms with van der Waals surface area (Å²) >= 11 is 0. The van der Waals surface area contributed by atoms with E-state index in [9.17, 15) is 14.9 Å². The molecule has 0 aliphatic carbocycles. The summed E-state index contributed by atoms with van der Waals surface area (Å²) in [7, 11) is 0. The van der Waals surface area contributed by atoms with Crippen LogP contribution < -0.4 is 5.73 Å². The van der Waals surface area contributed by atoms with E-state index in [-0.39, 0.29) is 0 Å². The van der Waals surface area contributed by atoms with E-state index in [1.165, 1.54) is 0 Å². The van der Waals surface area contributed by atoms with E-state index in [1.54, 1.807) is 0 Å². The van der Waals surface area contributed by atoms with Crippen LogP contribution in [0.5, 0.6) is 0 Å². The average Bonchev–Trinajstić information content (AvgIpc) is 1.84. The summed E-state index contributed by atoms with van der Waals surface area (Å²) in [5.41, 5.74) is 4.58. The Bertz CT molecular complexity index is 139. The van der Waals surface area contributed by atoms with E-state index >= 15 is 0 Å². The molecule has 0 saturated carbocycles. The molecule has 2 atom stereocenters. The molecule has 0 aromatic carbocycles. The zero-order valence-corrected chi connectivity index (χ0v) is 5.35. The number of primary amides is 1. The van der Waals surface area contributed by atoms with E-state index in [0.717, 1.165) is 6.92 Å². The van der Waals surface area contributed by atoms with Gasteiger partial charge in [-0.2, -0.15) is 0 Å². The van der Waals surface area contributed by atoms with Crippen molar-refractivity contribution in [2.45, 2.75) is 19.1 Å². The molecule has 0 aromatic rings. The second kappa shape index (κ2) is 3.11. The van der Waals surface area contributed by atoms with Gasteiger partial charge in [-0.3, -0.25) is 14.9 Å². The smallest absolute Gasteiger partial charge is 0.253 e. The number of aliphatic hydroxyl groups is 1. The highest BCUT2D eigenvalue weighted by Gasteiger charge is 2.28. The molecule has 0 aromatic heterocycles. The number of amides is 1. The third-order valence-electron chi connectivity index (χ3n) is 1.08. The molecule has 1 amide bonds. The van der Waals surface area contributed by atoms with Crippen LogP contribution >= 0.6 is 0 Å². The number of aliphatic hydroxyl groups excluding tert-OH is 1. The number of nitrogens with zero attached hydrogens (tertiary/aromatic N) is 1. The van der Waals surface area contributed by atoms with Crippen molar-refractivity contribution >= 4 is 5.91 Å². The summed E-state index contributed by atoms with van der Waals surface area (Å²) in [6.07, 6.45) is -1.70. The summed E-state index contributed by atoms with van der Waals surface area (Å²) in [5, 5.41) is 18.5. The summed E-state index contributed by atoms with van der Waals surface area (Å²) in [6.45, 7) is 1.11. The molecule has 58 valence electrons. The molecule has 2 unspecified atom stereocenters. The molecular weight excluding hydrogens is 140 g/mol. The van der Waals surface area contributed by atoms with Gasteiger partial charge in [0, 0.05) is 11.8 Å². The van der Waals surface area contributed by atoms with Gasteiger partial charge < -0.3 is 10.8 Å². The van der Waals surface area contributed by atoms with Crippen LogP contribution in [-0.4, -0.2) is 28.1 Å². The molecule has 0 fully saturated rings. The minimum absolute atomic E-state index is 0.768. The minimum atomic E-state index is -1.70. The Kier molecular flexibility index (Phi) is 2.75. The molecule has 0 aliphatic rings. The van der Waals surface area contributed by atoms with Crippen LogP contribution in [0.2, 0.25) is 0 Å². The molecule has 6 nitrogen and oxygen atoms in total. The van der Waals surface area contributed by atoms with Gasteiger partial charge in [0.2, 0.25) is 6.04 Å². The number of hydrogen-bond acceptors (Lipinski definition) is 4. The van der Waals surface area contributed by atoms with Crippen LogP contribution in [0.25, 0.3) is 0 Å². The van der Waals surface area contributed by atoms with Gasteiger partial charge >= 0.3 is 0 Å². The zero-order valence-electron chi connectivity index (χ0n) is 5.35. The summed E-state index contributed by atoms with van der Waals surface area (Å²) in [6, 6.07) is -1.34. The molecule has 0 rings (SSSR count). The van der Waals surface area contributed by atoms with Crippen molar-refractivity contribution in [3.05, 3.63) is 10.1 Å². The number of nitrogens with two attached hydrogens (primary N) is 1. The second-order valence-electron chi connectivity index (χ2n) is 1.87. The SMILES string of the molecule is CC(C(O)C(N)=O)[N+](=O)[O-]. The van der Waals surface area contributed by atoms with E-state index in [2.05, 4.69) is 5.73 Å². The highest BCUT2D eigenvalue weighted by atomic mass is 16.6. The fourth-order valence-corrected chi connectivity index (χ4v) is 0.353. The van der Waals surface area contributed by atoms with Crippen molar-refractivity contribution in [1.82, 2.24) is 0 Å². The van der Waals surface area contributed by atoms with E-state index in [0.29, 0.717) is 0 Å². The number of carbonyl (C=O) groups is 1. The van der Waals surface area contributed by atoms with E-state index < -0.39 is 23.0 Å². The maximum Gasteiger partial charge on any atom is 0.253 e. The maximum absolute atomic E-state index is 10.1. The van der Waals surface area contributed by atoms with Gasteiger partial charge in [0.1, 0.15) is 0 Å². The van der Waals surface area contributed by atoms with Gasteiger partial charge in [-0.05, 0) is 0 Å². The lowest BCUT2D eigenvalue weighted by Gasteiger charge is -2.06. The first kappa shape index (κ1) is 8.83. The van der Waals surface area contributed by atoms with Gasteiger partial charge in [-0.25, -0.2) is 0 Å². The molecule has 0 heterocycles. The highest BCUT2D eigenvalue weighted by Crippen LogP contribution is 1.94. The third kappa shape index (κ3) is 1.98. The maximum atomic E-state index is 10.1. The Hall–Kier alpha value is -1.17. The molecule has 3 N–H and O–H groups in total. The lowest BCUT2D eigenvalue weighted by molar-refractivity contribution is -0.526. The fourth-order valence-electron chi connectivity index (χ4n) is 0.353. The molecule has 0 spiro atoms. The van der Waals surface area contributed by atoms with E-state index in [4.69, 9.17) is 5.11 Å². The Morgan fingerprint density at radius 3 is 2.30 bits per heavy atom. The molecule has 0 radical (unpaired) electrons. The topological polar surface area (TPSA) is 106 Å². The Morgan fingerprint density at radius 2 is 2.20 bits per heavy atom. The van der Waals surface area contributed by atoms with Gasteiger partial charge in [0.25, 0.3) is 5.91 Å². The summed E-state index contributed by atoms with van der Waals surface area (Å²) in [5.74, 6) is -1.08. The van der Waals surface area contributed by atoms with Crippen molar-refractivity contribution in [3.63, 3.8) is 0 Å². The van der Waals surface area contributed by atoms with Crippen LogP contribution in [0.4, 0.5) is 0 Å². The molecular formula is C4H8N2O4.